The highest BCUT2D eigenvalue weighted by Crippen LogP contribution is 2.41. The summed E-state index contributed by atoms with van der Waals surface area (Å²) in [6, 6.07) is 18.2. The zero-order valence-corrected chi connectivity index (χ0v) is 17.5. The third-order valence-corrected chi connectivity index (χ3v) is 6.66. The van der Waals surface area contributed by atoms with Crippen LogP contribution in [0.5, 0.6) is 5.75 Å². The van der Waals surface area contributed by atoms with E-state index < -0.39 is 0 Å². The normalized spacial score (nSPS) is 19.3. The number of amides is 1. The van der Waals surface area contributed by atoms with E-state index in [0.717, 1.165) is 56.9 Å². The Morgan fingerprint density at radius 3 is 2.31 bits per heavy atom. The molecule has 1 spiro atoms. The van der Waals surface area contributed by atoms with Crippen LogP contribution in [0.2, 0.25) is 0 Å². The second-order valence-electron chi connectivity index (χ2n) is 8.51. The van der Waals surface area contributed by atoms with Gasteiger partial charge >= 0.3 is 0 Å². The van der Waals surface area contributed by atoms with Gasteiger partial charge in [0.2, 0.25) is 0 Å². The van der Waals surface area contributed by atoms with Crippen molar-refractivity contribution >= 4 is 5.91 Å². The maximum absolute atomic E-state index is 12.7. The number of rotatable bonds is 5. The number of piperidine rings is 2. The molecule has 2 aromatic carbocycles. The van der Waals surface area contributed by atoms with Gasteiger partial charge in [0.1, 0.15) is 5.75 Å². The highest BCUT2D eigenvalue weighted by atomic mass is 16.5. The van der Waals surface area contributed by atoms with Gasteiger partial charge in [0.15, 0.2) is 0 Å². The van der Waals surface area contributed by atoms with Crippen molar-refractivity contribution in [2.24, 2.45) is 5.41 Å². The van der Waals surface area contributed by atoms with Crippen molar-refractivity contribution in [1.29, 1.82) is 0 Å². The average molecular weight is 393 g/mol. The van der Waals surface area contributed by atoms with Gasteiger partial charge in [-0.05, 0) is 80.9 Å². The van der Waals surface area contributed by atoms with Gasteiger partial charge in [-0.3, -0.25) is 9.69 Å². The molecule has 0 radical (unpaired) electrons. The van der Waals surface area contributed by atoms with E-state index in [9.17, 15) is 4.79 Å². The molecule has 154 valence electrons. The van der Waals surface area contributed by atoms with Crippen molar-refractivity contribution in [1.82, 2.24) is 9.80 Å². The molecule has 29 heavy (non-hydrogen) atoms. The third-order valence-electron chi connectivity index (χ3n) is 6.66. The van der Waals surface area contributed by atoms with Gasteiger partial charge in [-0.2, -0.15) is 0 Å². The van der Waals surface area contributed by atoms with E-state index in [1.165, 1.54) is 18.4 Å². The number of hydrogen-bond donors (Lipinski definition) is 0. The summed E-state index contributed by atoms with van der Waals surface area (Å²) < 4.78 is 5.64. The van der Waals surface area contributed by atoms with Gasteiger partial charge in [0.25, 0.3) is 5.91 Å². The Bertz CT molecular complexity index is 803. The van der Waals surface area contributed by atoms with E-state index in [1.807, 2.05) is 48.2 Å². The fourth-order valence-corrected chi connectivity index (χ4v) is 4.79. The van der Waals surface area contributed by atoms with Crippen LogP contribution in [0, 0.1) is 5.41 Å². The molecule has 2 aromatic rings. The molecule has 2 fully saturated rings. The summed E-state index contributed by atoms with van der Waals surface area (Å²) in [5.41, 5.74) is 2.57. The summed E-state index contributed by atoms with van der Waals surface area (Å²) in [5.74, 6) is 1.15. The smallest absolute Gasteiger partial charge is 0.253 e. The van der Waals surface area contributed by atoms with Gasteiger partial charge in [-0.25, -0.2) is 0 Å². The van der Waals surface area contributed by atoms with Crippen LogP contribution in [-0.4, -0.2) is 48.5 Å². The van der Waals surface area contributed by atoms with E-state index in [0.29, 0.717) is 12.0 Å². The standard InChI is InChI=1S/C25H32N2O2/c1-2-29-23-10-6-7-21(19-23)20-26-15-11-25(12-16-26)13-17-27(18-14-25)24(28)22-8-4-3-5-9-22/h3-10,19H,2,11-18,20H2,1H3. The summed E-state index contributed by atoms with van der Waals surface area (Å²) in [4.78, 5) is 17.3. The number of ether oxygens (including phenoxy) is 1. The van der Waals surface area contributed by atoms with Gasteiger partial charge in [0.05, 0.1) is 6.61 Å². The topological polar surface area (TPSA) is 32.8 Å². The average Bonchev–Trinajstić information content (AvgIpc) is 2.77. The first-order valence-corrected chi connectivity index (χ1v) is 11.0. The number of hydrogen-bond acceptors (Lipinski definition) is 3. The number of benzene rings is 2. The van der Waals surface area contributed by atoms with Gasteiger partial charge in [-0.1, -0.05) is 30.3 Å². The van der Waals surface area contributed by atoms with Crippen molar-refractivity contribution < 1.29 is 9.53 Å². The van der Waals surface area contributed by atoms with Gasteiger partial charge < -0.3 is 9.64 Å². The Balaban J connectivity index is 1.28. The minimum absolute atomic E-state index is 0.187. The summed E-state index contributed by atoms with van der Waals surface area (Å²) in [5, 5.41) is 0. The molecule has 0 saturated carbocycles. The summed E-state index contributed by atoms with van der Waals surface area (Å²) in [6.07, 6.45) is 4.76. The Morgan fingerprint density at radius 1 is 0.931 bits per heavy atom. The van der Waals surface area contributed by atoms with E-state index in [1.54, 1.807) is 0 Å². The fraction of sp³-hybridized carbons (Fsp3) is 0.480. The number of nitrogens with zero attached hydrogens (tertiary/aromatic N) is 2. The molecule has 2 heterocycles. The van der Waals surface area contributed by atoms with Crippen LogP contribution >= 0.6 is 0 Å². The highest BCUT2D eigenvalue weighted by molar-refractivity contribution is 5.94. The SMILES string of the molecule is CCOc1cccc(CN2CCC3(CC2)CCN(C(=O)c2ccccc2)CC3)c1. The lowest BCUT2D eigenvalue weighted by Crippen LogP contribution is -2.48. The van der Waals surface area contributed by atoms with Crippen molar-refractivity contribution in [3.05, 3.63) is 65.7 Å². The fourth-order valence-electron chi connectivity index (χ4n) is 4.79. The first-order valence-electron chi connectivity index (χ1n) is 11.0. The van der Waals surface area contributed by atoms with Crippen LogP contribution in [0.3, 0.4) is 0 Å². The van der Waals surface area contributed by atoms with Gasteiger partial charge in [-0.15, -0.1) is 0 Å². The lowest BCUT2D eigenvalue weighted by atomic mass is 9.71. The molecule has 4 nitrogen and oxygen atoms in total. The van der Waals surface area contributed by atoms with Crippen LogP contribution in [0.1, 0.15) is 48.5 Å². The molecule has 0 atom stereocenters. The van der Waals surface area contributed by atoms with Crippen molar-refractivity contribution in [3.8, 4) is 5.75 Å². The van der Waals surface area contributed by atoms with Crippen molar-refractivity contribution in [3.63, 3.8) is 0 Å². The number of carbonyl (C=O) groups is 1. The lowest BCUT2D eigenvalue weighted by molar-refractivity contribution is 0.0285. The Morgan fingerprint density at radius 2 is 1.62 bits per heavy atom. The first-order chi connectivity index (χ1) is 14.2. The molecular weight excluding hydrogens is 360 g/mol. The maximum atomic E-state index is 12.7. The van der Waals surface area contributed by atoms with Crippen LogP contribution in [-0.2, 0) is 6.54 Å². The lowest BCUT2D eigenvalue weighted by Gasteiger charge is -2.47. The molecular formula is C25H32N2O2. The van der Waals surface area contributed by atoms with Crippen molar-refractivity contribution in [2.75, 3.05) is 32.8 Å². The van der Waals surface area contributed by atoms with E-state index in [2.05, 4.69) is 23.1 Å². The maximum Gasteiger partial charge on any atom is 0.253 e. The predicted molar refractivity (Wildman–Crippen MR) is 116 cm³/mol. The van der Waals surface area contributed by atoms with E-state index >= 15 is 0 Å². The molecule has 0 unspecified atom stereocenters. The number of carbonyl (C=O) groups excluding carboxylic acids is 1. The Hall–Kier alpha value is -2.33. The highest BCUT2D eigenvalue weighted by Gasteiger charge is 2.38. The minimum atomic E-state index is 0.187. The summed E-state index contributed by atoms with van der Waals surface area (Å²) >= 11 is 0. The third kappa shape index (κ3) is 4.81. The Kier molecular flexibility index (Phi) is 6.19. The molecule has 1 amide bonds. The van der Waals surface area contributed by atoms with E-state index in [4.69, 9.17) is 4.74 Å². The molecule has 2 aliphatic heterocycles. The zero-order valence-electron chi connectivity index (χ0n) is 17.5. The number of likely N-dealkylation sites (tertiary alicyclic amines) is 2. The molecule has 0 aromatic heterocycles. The molecule has 2 saturated heterocycles. The van der Waals surface area contributed by atoms with Crippen LogP contribution in [0.25, 0.3) is 0 Å². The zero-order chi connectivity index (χ0) is 20.1. The molecule has 2 aliphatic rings. The predicted octanol–water partition coefficient (Wildman–Crippen LogP) is 4.60. The van der Waals surface area contributed by atoms with Crippen LogP contribution in [0.15, 0.2) is 54.6 Å². The quantitative estimate of drug-likeness (QED) is 0.745. The van der Waals surface area contributed by atoms with Crippen LogP contribution < -0.4 is 4.74 Å². The molecule has 0 bridgehead atoms. The molecule has 4 heteroatoms. The molecule has 4 rings (SSSR count). The van der Waals surface area contributed by atoms with Crippen LogP contribution in [0.4, 0.5) is 0 Å². The second kappa shape index (κ2) is 9.00. The minimum Gasteiger partial charge on any atom is -0.494 e. The van der Waals surface area contributed by atoms with E-state index in [-0.39, 0.29) is 5.91 Å². The second-order valence-corrected chi connectivity index (χ2v) is 8.51. The first kappa shape index (κ1) is 20.0. The summed E-state index contributed by atoms with van der Waals surface area (Å²) in [7, 11) is 0. The Labute approximate surface area is 174 Å². The monoisotopic (exact) mass is 392 g/mol. The molecule has 0 aliphatic carbocycles. The summed E-state index contributed by atoms with van der Waals surface area (Å²) in [6.45, 7) is 7.80. The van der Waals surface area contributed by atoms with Crippen molar-refractivity contribution in [2.45, 2.75) is 39.2 Å². The van der Waals surface area contributed by atoms with Gasteiger partial charge in [0, 0.05) is 25.2 Å². The largest absolute Gasteiger partial charge is 0.494 e. The molecule has 0 N–H and O–H groups in total.